The first-order valence-electron chi connectivity index (χ1n) is 6.89. The lowest BCUT2D eigenvalue weighted by atomic mass is 10.0. The number of ether oxygens (including phenoxy) is 1. The van der Waals surface area contributed by atoms with Crippen LogP contribution in [0.4, 0.5) is 0 Å². The lowest BCUT2D eigenvalue weighted by Crippen LogP contribution is -2.35. The van der Waals surface area contributed by atoms with Crippen LogP contribution in [0.5, 0.6) is 0 Å². The Morgan fingerprint density at radius 2 is 1.80 bits per heavy atom. The van der Waals surface area contributed by atoms with E-state index >= 15 is 0 Å². The first-order chi connectivity index (χ1) is 9.83. The molecular formula is C17H17ClNO. The van der Waals surface area contributed by atoms with Crippen molar-refractivity contribution < 1.29 is 4.74 Å². The number of halogens is 1. The maximum Gasteiger partial charge on any atom is 0.0594 e. The number of morpholine rings is 1. The van der Waals surface area contributed by atoms with Gasteiger partial charge in [-0.1, -0.05) is 48.0 Å². The predicted molar refractivity (Wildman–Crippen MR) is 81.8 cm³/mol. The Morgan fingerprint density at radius 3 is 2.55 bits per heavy atom. The number of nitrogens with zero attached hydrogens (tertiary/aromatic N) is 1. The minimum Gasteiger partial charge on any atom is -0.379 e. The Morgan fingerprint density at radius 1 is 1.05 bits per heavy atom. The van der Waals surface area contributed by atoms with Crippen molar-refractivity contribution in [1.82, 2.24) is 4.90 Å². The molecule has 0 atom stereocenters. The Hall–Kier alpha value is -1.35. The van der Waals surface area contributed by atoms with E-state index in [-0.39, 0.29) is 0 Å². The van der Waals surface area contributed by atoms with Gasteiger partial charge in [-0.2, -0.15) is 0 Å². The standard InChI is InChI=1S/C17H17ClNO/c18-17-7-6-15(14-4-2-1-3-5-14)12-16(17)13-19-8-10-20-11-9-19/h1-7H,8-11,13H2. The third-order valence-electron chi connectivity index (χ3n) is 3.54. The van der Waals surface area contributed by atoms with Gasteiger partial charge in [0.25, 0.3) is 0 Å². The molecular weight excluding hydrogens is 270 g/mol. The van der Waals surface area contributed by atoms with Gasteiger partial charge < -0.3 is 4.74 Å². The molecule has 1 fully saturated rings. The highest BCUT2D eigenvalue weighted by Gasteiger charge is 2.13. The normalized spacial score (nSPS) is 16.2. The highest BCUT2D eigenvalue weighted by Crippen LogP contribution is 2.25. The minimum atomic E-state index is 0.788. The molecule has 2 aromatic rings. The third-order valence-corrected chi connectivity index (χ3v) is 3.89. The number of hydrogen-bond acceptors (Lipinski definition) is 2. The maximum atomic E-state index is 6.31. The Bertz CT molecular complexity index is 564. The summed E-state index contributed by atoms with van der Waals surface area (Å²) in [6.07, 6.45) is 0. The second-order valence-corrected chi connectivity index (χ2v) is 5.36. The largest absolute Gasteiger partial charge is 0.379 e. The number of hydrogen-bond donors (Lipinski definition) is 0. The van der Waals surface area contributed by atoms with Crippen molar-refractivity contribution in [2.75, 3.05) is 26.3 Å². The summed E-state index contributed by atoms with van der Waals surface area (Å²) in [7, 11) is 0. The van der Waals surface area contributed by atoms with Crippen molar-refractivity contribution in [2.24, 2.45) is 0 Å². The average molecular weight is 287 g/mol. The lowest BCUT2D eigenvalue weighted by molar-refractivity contribution is 0.0342. The van der Waals surface area contributed by atoms with E-state index in [1.807, 2.05) is 30.3 Å². The molecule has 3 heteroatoms. The van der Waals surface area contributed by atoms with Crippen molar-refractivity contribution in [3.05, 3.63) is 59.1 Å². The quantitative estimate of drug-likeness (QED) is 0.854. The second-order valence-electron chi connectivity index (χ2n) is 4.95. The van der Waals surface area contributed by atoms with Crippen LogP contribution in [0.25, 0.3) is 11.1 Å². The van der Waals surface area contributed by atoms with Gasteiger partial charge in [0.1, 0.15) is 0 Å². The van der Waals surface area contributed by atoms with Crippen LogP contribution in [0.15, 0.2) is 42.5 Å². The minimum absolute atomic E-state index is 0.788. The fourth-order valence-corrected chi connectivity index (χ4v) is 2.58. The van der Waals surface area contributed by atoms with E-state index in [9.17, 15) is 0 Å². The Labute approximate surface area is 124 Å². The molecule has 1 saturated heterocycles. The first-order valence-corrected chi connectivity index (χ1v) is 7.27. The predicted octanol–water partition coefficient (Wildman–Crippen LogP) is 3.64. The van der Waals surface area contributed by atoms with E-state index in [1.54, 1.807) is 0 Å². The topological polar surface area (TPSA) is 12.5 Å². The van der Waals surface area contributed by atoms with E-state index < -0.39 is 0 Å². The van der Waals surface area contributed by atoms with Gasteiger partial charge >= 0.3 is 0 Å². The van der Waals surface area contributed by atoms with Gasteiger partial charge in [0.2, 0.25) is 0 Å². The zero-order valence-corrected chi connectivity index (χ0v) is 12.1. The van der Waals surface area contributed by atoms with Crippen LogP contribution in [0.3, 0.4) is 0 Å². The fraction of sp³-hybridized carbons (Fsp3) is 0.294. The molecule has 0 saturated carbocycles. The highest BCUT2D eigenvalue weighted by atomic mass is 35.5. The molecule has 0 aliphatic carbocycles. The summed E-state index contributed by atoms with van der Waals surface area (Å²) in [5.74, 6) is 0. The van der Waals surface area contributed by atoms with Gasteiger partial charge in [-0.05, 0) is 28.8 Å². The van der Waals surface area contributed by atoms with Crippen LogP contribution in [-0.2, 0) is 11.3 Å². The molecule has 1 radical (unpaired) electrons. The molecule has 20 heavy (non-hydrogen) atoms. The highest BCUT2D eigenvalue weighted by molar-refractivity contribution is 6.31. The van der Waals surface area contributed by atoms with Gasteiger partial charge in [-0.3, -0.25) is 4.90 Å². The van der Waals surface area contributed by atoms with Gasteiger partial charge in [0, 0.05) is 24.7 Å². The maximum absolute atomic E-state index is 6.31. The molecule has 0 N–H and O–H groups in total. The van der Waals surface area contributed by atoms with Crippen LogP contribution in [-0.4, -0.2) is 31.2 Å². The number of rotatable bonds is 3. The molecule has 0 spiro atoms. The Balaban J connectivity index is 1.83. The molecule has 0 aromatic heterocycles. The van der Waals surface area contributed by atoms with Gasteiger partial charge in [0.15, 0.2) is 0 Å². The first kappa shape index (κ1) is 13.6. The molecule has 103 valence electrons. The van der Waals surface area contributed by atoms with E-state index in [4.69, 9.17) is 16.3 Å². The van der Waals surface area contributed by atoms with Crippen LogP contribution < -0.4 is 0 Å². The smallest absolute Gasteiger partial charge is 0.0594 e. The van der Waals surface area contributed by atoms with Gasteiger partial charge in [-0.25, -0.2) is 0 Å². The number of benzene rings is 2. The zero-order chi connectivity index (χ0) is 13.8. The summed E-state index contributed by atoms with van der Waals surface area (Å²) in [4.78, 5) is 2.36. The second kappa shape index (κ2) is 6.40. The zero-order valence-electron chi connectivity index (χ0n) is 11.3. The SMILES string of the molecule is Clc1ccc(-c2ccccc2)[c]c1CN1CCOCC1. The fourth-order valence-electron chi connectivity index (χ4n) is 2.41. The average Bonchev–Trinajstić information content (AvgIpc) is 2.51. The third kappa shape index (κ3) is 3.21. The summed E-state index contributed by atoms with van der Waals surface area (Å²) in [6.45, 7) is 4.36. The van der Waals surface area contributed by atoms with Gasteiger partial charge in [-0.15, -0.1) is 0 Å². The van der Waals surface area contributed by atoms with Crippen molar-refractivity contribution in [3.8, 4) is 11.1 Å². The van der Waals surface area contributed by atoms with Crippen LogP contribution in [0.2, 0.25) is 5.02 Å². The summed E-state index contributed by atoms with van der Waals surface area (Å²) in [6, 6.07) is 17.8. The lowest BCUT2D eigenvalue weighted by Gasteiger charge is -2.27. The molecule has 0 bridgehead atoms. The van der Waals surface area contributed by atoms with Crippen molar-refractivity contribution in [2.45, 2.75) is 6.54 Å². The van der Waals surface area contributed by atoms with Crippen LogP contribution >= 0.6 is 11.6 Å². The van der Waals surface area contributed by atoms with Crippen molar-refractivity contribution >= 4 is 11.6 Å². The summed E-state index contributed by atoms with van der Waals surface area (Å²) in [5, 5.41) is 0.788. The molecule has 2 aromatic carbocycles. The molecule has 1 aliphatic heterocycles. The summed E-state index contributed by atoms with van der Waals surface area (Å²) < 4.78 is 5.38. The van der Waals surface area contributed by atoms with Crippen molar-refractivity contribution in [3.63, 3.8) is 0 Å². The van der Waals surface area contributed by atoms with Gasteiger partial charge in [0.05, 0.1) is 13.2 Å². The molecule has 1 aliphatic rings. The van der Waals surface area contributed by atoms with Crippen LogP contribution in [0, 0.1) is 6.07 Å². The van der Waals surface area contributed by atoms with E-state index in [0.717, 1.165) is 49.0 Å². The van der Waals surface area contributed by atoms with Crippen LogP contribution in [0.1, 0.15) is 5.56 Å². The monoisotopic (exact) mass is 286 g/mol. The molecule has 1 heterocycles. The molecule has 3 rings (SSSR count). The molecule has 2 nitrogen and oxygen atoms in total. The van der Waals surface area contributed by atoms with Crippen molar-refractivity contribution in [1.29, 1.82) is 0 Å². The van der Waals surface area contributed by atoms with E-state index in [1.165, 1.54) is 5.56 Å². The molecule has 0 amide bonds. The van der Waals surface area contributed by atoms with E-state index in [0.29, 0.717) is 0 Å². The summed E-state index contributed by atoms with van der Waals surface area (Å²) >= 11 is 6.31. The summed E-state index contributed by atoms with van der Waals surface area (Å²) in [5.41, 5.74) is 3.33. The van der Waals surface area contributed by atoms with E-state index in [2.05, 4.69) is 23.1 Å². The Kier molecular flexibility index (Phi) is 4.36. The molecule has 0 unspecified atom stereocenters.